The van der Waals surface area contributed by atoms with E-state index in [0.717, 1.165) is 29.4 Å². The van der Waals surface area contributed by atoms with Gasteiger partial charge in [-0.2, -0.15) is 0 Å². The number of hydrogen-bond acceptors (Lipinski definition) is 4. The third-order valence-corrected chi connectivity index (χ3v) is 4.88. The van der Waals surface area contributed by atoms with Crippen LogP contribution in [0.3, 0.4) is 0 Å². The summed E-state index contributed by atoms with van der Waals surface area (Å²) in [6.45, 7) is 3.60. The Kier molecular flexibility index (Phi) is 5.79. The van der Waals surface area contributed by atoms with Gasteiger partial charge < -0.3 is 14.7 Å². The molecule has 0 bridgehead atoms. The Balaban J connectivity index is 1.90. The molecule has 0 aliphatic carbocycles. The van der Waals surface area contributed by atoms with Crippen LogP contribution in [0.15, 0.2) is 46.6 Å². The monoisotopic (exact) mass is 415 g/mol. The van der Waals surface area contributed by atoms with E-state index in [2.05, 4.69) is 27.8 Å². The fraction of sp³-hybridized carbons (Fsp3) is 0.286. The van der Waals surface area contributed by atoms with Crippen molar-refractivity contribution < 1.29 is 14.6 Å². The molecule has 0 aromatic heterocycles. The van der Waals surface area contributed by atoms with Crippen LogP contribution in [0.5, 0.6) is 11.5 Å². The second kappa shape index (κ2) is 8.06. The second-order valence-electron chi connectivity index (χ2n) is 6.53. The number of ether oxygens (including phenoxy) is 1. The lowest BCUT2D eigenvalue weighted by atomic mass is 10.0. The molecule has 1 aliphatic heterocycles. The maximum atomic E-state index is 12.7. The van der Waals surface area contributed by atoms with Crippen molar-refractivity contribution in [3.8, 4) is 11.5 Å². The van der Waals surface area contributed by atoms with E-state index in [-0.39, 0.29) is 17.3 Å². The fourth-order valence-corrected chi connectivity index (χ4v) is 3.39. The second-order valence-corrected chi connectivity index (χ2v) is 7.44. The lowest BCUT2D eigenvalue weighted by Gasteiger charge is -2.18. The van der Waals surface area contributed by atoms with Gasteiger partial charge >= 0.3 is 0 Å². The molecule has 0 saturated carbocycles. The highest BCUT2D eigenvalue weighted by atomic mass is 79.9. The summed E-state index contributed by atoms with van der Waals surface area (Å²) in [7, 11) is 2.00. The molecule has 0 fully saturated rings. The summed E-state index contributed by atoms with van der Waals surface area (Å²) in [5.41, 5.74) is 2.04. The van der Waals surface area contributed by atoms with Crippen molar-refractivity contribution in [1.82, 2.24) is 4.90 Å². The predicted molar refractivity (Wildman–Crippen MR) is 106 cm³/mol. The van der Waals surface area contributed by atoms with Gasteiger partial charge in [0.25, 0.3) is 0 Å². The quantitative estimate of drug-likeness (QED) is 0.674. The van der Waals surface area contributed by atoms with Crippen LogP contribution in [0.1, 0.15) is 41.3 Å². The molecule has 2 aromatic rings. The van der Waals surface area contributed by atoms with Gasteiger partial charge in [0.2, 0.25) is 5.78 Å². The maximum Gasteiger partial charge on any atom is 0.231 e. The first-order chi connectivity index (χ1) is 12.5. The molecule has 0 saturated heterocycles. The number of aromatic hydroxyl groups is 1. The molecule has 1 heterocycles. The van der Waals surface area contributed by atoms with Crippen molar-refractivity contribution in [3.05, 3.63) is 63.3 Å². The number of halogens is 1. The van der Waals surface area contributed by atoms with E-state index in [1.54, 1.807) is 18.2 Å². The Labute approximate surface area is 162 Å². The molecular formula is C21H22BrNO3. The summed E-state index contributed by atoms with van der Waals surface area (Å²) < 4.78 is 6.83. The molecule has 1 aliphatic rings. The molecule has 0 spiro atoms. The summed E-state index contributed by atoms with van der Waals surface area (Å²) in [5.74, 6) is 0.752. The Morgan fingerprint density at radius 2 is 2.08 bits per heavy atom. The molecule has 5 heteroatoms. The molecule has 1 N–H and O–H groups in total. The average Bonchev–Trinajstić information content (AvgIpc) is 2.92. The summed E-state index contributed by atoms with van der Waals surface area (Å²) >= 11 is 3.43. The highest BCUT2D eigenvalue weighted by Gasteiger charge is 2.31. The number of hydrogen-bond donors (Lipinski definition) is 1. The summed E-state index contributed by atoms with van der Waals surface area (Å²) in [4.78, 5) is 14.8. The van der Waals surface area contributed by atoms with Gasteiger partial charge in [-0.05, 0) is 55.9 Å². The molecule has 136 valence electrons. The van der Waals surface area contributed by atoms with E-state index >= 15 is 0 Å². The first-order valence-electron chi connectivity index (χ1n) is 8.72. The minimum Gasteiger partial charge on any atom is -0.507 e. The van der Waals surface area contributed by atoms with Crippen molar-refractivity contribution in [3.63, 3.8) is 0 Å². The molecule has 0 radical (unpaired) electrons. The minimum absolute atomic E-state index is 0.155. The zero-order valence-electron chi connectivity index (χ0n) is 15.0. The van der Waals surface area contributed by atoms with Crippen LogP contribution in [-0.4, -0.2) is 29.4 Å². The number of phenols is 1. The van der Waals surface area contributed by atoms with E-state index in [9.17, 15) is 9.90 Å². The van der Waals surface area contributed by atoms with Gasteiger partial charge in [-0.15, -0.1) is 0 Å². The number of allylic oxidation sites excluding steroid dienone is 1. The van der Waals surface area contributed by atoms with Crippen LogP contribution < -0.4 is 4.74 Å². The number of ketones is 1. The predicted octanol–water partition coefficient (Wildman–Crippen LogP) is 5.00. The third kappa shape index (κ3) is 4.00. The Hall–Kier alpha value is -2.11. The van der Waals surface area contributed by atoms with Crippen molar-refractivity contribution >= 4 is 27.8 Å². The van der Waals surface area contributed by atoms with E-state index in [0.29, 0.717) is 23.4 Å². The maximum absolute atomic E-state index is 12.7. The van der Waals surface area contributed by atoms with E-state index in [4.69, 9.17) is 4.74 Å². The van der Waals surface area contributed by atoms with Crippen LogP contribution >= 0.6 is 15.9 Å². The molecule has 0 atom stereocenters. The highest BCUT2D eigenvalue weighted by Crippen LogP contribution is 2.40. The van der Waals surface area contributed by atoms with Crippen molar-refractivity contribution in [2.75, 3.05) is 13.6 Å². The van der Waals surface area contributed by atoms with Gasteiger partial charge in [-0.3, -0.25) is 4.79 Å². The summed E-state index contributed by atoms with van der Waals surface area (Å²) in [5, 5.41) is 10.3. The number of fused-ring (bicyclic) bond motifs is 1. The zero-order chi connectivity index (χ0) is 18.7. The number of phenolic OH excluding ortho intramolecular Hbond substituents is 1. The van der Waals surface area contributed by atoms with E-state index in [1.165, 1.54) is 0 Å². The van der Waals surface area contributed by atoms with Crippen LogP contribution in [0, 0.1) is 0 Å². The van der Waals surface area contributed by atoms with Crippen molar-refractivity contribution in [2.45, 2.75) is 26.3 Å². The SMILES string of the molecule is CCCCN(C)Cc1c(O)ccc2c1O/C(=C\c1cccc(Br)c1)C2=O. The van der Waals surface area contributed by atoms with Gasteiger partial charge in [0, 0.05) is 11.0 Å². The Morgan fingerprint density at radius 1 is 1.27 bits per heavy atom. The number of carbonyl (C=O) groups excluding carboxylic acids is 1. The lowest BCUT2D eigenvalue weighted by molar-refractivity contribution is 0.101. The van der Waals surface area contributed by atoms with Crippen molar-refractivity contribution in [1.29, 1.82) is 0 Å². The molecule has 3 rings (SSSR count). The van der Waals surface area contributed by atoms with Crippen LogP contribution in [0.4, 0.5) is 0 Å². The van der Waals surface area contributed by atoms with Gasteiger partial charge in [-0.1, -0.05) is 41.4 Å². The number of nitrogens with zero attached hydrogens (tertiary/aromatic N) is 1. The molecule has 4 nitrogen and oxygen atoms in total. The number of unbranched alkanes of at least 4 members (excludes halogenated alkanes) is 1. The Bertz CT molecular complexity index is 860. The average molecular weight is 416 g/mol. The molecular weight excluding hydrogens is 394 g/mol. The number of rotatable bonds is 6. The molecule has 2 aromatic carbocycles. The smallest absolute Gasteiger partial charge is 0.231 e. The van der Waals surface area contributed by atoms with E-state index < -0.39 is 0 Å². The fourth-order valence-electron chi connectivity index (χ4n) is 2.97. The van der Waals surface area contributed by atoms with Gasteiger partial charge in [0.15, 0.2) is 5.76 Å². The lowest BCUT2D eigenvalue weighted by Crippen LogP contribution is -2.19. The standard InChI is InChI=1S/C21H22BrNO3/c1-3-4-10-23(2)13-17-18(24)9-8-16-20(25)19(26-21(16)17)12-14-6-5-7-15(22)11-14/h5-9,11-12,24H,3-4,10,13H2,1-2H3/b19-12-. The first kappa shape index (κ1) is 18.7. The van der Waals surface area contributed by atoms with Crippen LogP contribution in [-0.2, 0) is 6.54 Å². The topological polar surface area (TPSA) is 49.8 Å². The van der Waals surface area contributed by atoms with Gasteiger partial charge in [0.1, 0.15) is 11.5 Å². The number of Topliss-reactive ketones (excluding diaryl/α,β-unsaturated/α-hetero) is 1. The van der Waals surface area contributed by atoms with Crippen LogP contribution in [0.25, 0.3) is 6.08 Å². The van der Waals surface area contributed by atoms with Gasteiger partial charge in [0.05, 0.1) is 11.1 Å². The normalized spacial score (nSPS) is 14.8. The molecule has 26 heavy (non-hydrogen) atoms. The zero-order valence-corrected chi connectivity index (χ0v) is 16.5. The van der Waals surface area contributed by atoms with E-state index in [1.807, 2.05) is 31.3 Å². The number of benzene rings is 2. The largest absolute Gasteiger partial charge is 0.507 e. The molecule has 0 amide bonds. The minimum atomic E-state index is -0.155. The van der Waals surface area contributed by atoms with Crippen molar-refractivity contribution in [2.24, 2.45) is 0 Å². The van der Waals surface area contributed by atoms with Gasteiger partial charge in [-0.25, -0.2) is 0 Å². The highest BCUT2D eigenvalue weighted by molar-refractivity contribution is 9.10. The number of carbonyl (C=O) groups is 1. The summed E-state index contributed by atoms with van der Waals surface area (Å²) in [6, 6.07) is 10.9. The summed E-state index contributed by atoms with van der Waals surface area (Å²) in [6.07, 6.45) is 3.92. The third-order valence-electron chi connectivity index (χ3n) is 4.38. The first-order valence-corrected chi connectivity index (χ1v) is 9.52. The molecule has 0 unspecified atom stereocenters. The van der Waals surface area contributed by atoms with Crippen LogP contribution in [0.2, 0.25) is 0 Å². The Morgan fingerprint density at radius 3 is 2.81 bits per heavy atom.